The van der Waals surface area contributed by atoms with Gasteiger partial charge in [0, 0.05) is 56.3 Å². The Labute approximate surface area is 92.5 Å². The molecular weight excluding hydrogens is 214 g/mol. The fourth-order valence-electron chi connectivity index (χ4n) is 1.36. The summed E-state index contributed by atoms with van der Waals surface area (Å²) >= 11 is 0. The predicted octanol–water partition coefficient (Wildman–Crippen LogP) is -0.207. The minimum atomic E-state index is 0. The van der Waals surface area contributed by atoms with Gasteiger partial charge in [-0.25, -0.2) is 0 Å². The maximum absolute atomic E-state index is 2.40. The summed E-state index contributed by atoms with van der Waals surface area (Å²) in [5, 5.41) is 0. The van der Waals surface area contributed by atoms with Crippen LogP contribution in [0.1, 0.15) is 0 Å². The Morgan fingerprint density at radius 3 is 0.846 bits per heavy atom. The fraction of sp³-hybridized carbons (Fsp3) is 1.00. The van der Waals surface area contributed by atoms with Crippen molar-refractivity contribution in [1.82, 2.24) is 14.7 Å². The van der Waals surface area contributed by atoms with Crippen molar-refractivity contribution in [3.8, 4) is 0 Å². The van der Waals surface area contributed by atoms with Crippen molar-refractivity contribution in [2.24, 2.45) is 0 Å². The predicted molar refractivity (Wildman–Crippen MR) is 52.5 cm³/mol. The van der Waals surface area contributed by atoms with Crippen LogP contribution in [-0.4, -0.2) is 75.1 Å². The summed E-state index contributed by atoms with van der Waals surface area (Å²) in [6.07, 6.45) is 0. The summed E-state index contributed by atoms with van der Waals surface area (Å²) in [6.45, 7) is 7.19. The monoisotopic (exact) mass is 234 g/mol. The van der Waals surface area contributed by atoms with E-state index in [9.17, 15) is 0 Å². The standard InChI is InChI=1S/C9H21N3.Cu/c1-10-4-6-11(2)8-9-12(3)7-5-10;/h4-9H2,1-3H3;. The van der Waals surface area contributed by atoms with Crippen molar-refractivity contribution in [3.05, 3.63) is 0 Å². The molecular formula is C9H21CuN3. The smallest absolute Gasteiger partial charge is 0.0107 e. The van der Waals surface area contributed by atoms with Gasteiger partial charge in [0.05, 0.1) is 0 Å². The van der Waals surface area contributed by atoms with Crippen LogP contribution >= 0.6 is 0 Å². The van der Waals surface area contributed by atoms with Crippen LogP contribution in [0.25, 0.3) is 0 Å². The molecule has 0 bridgehead atoms. The van der Waals surface area contributed by atoms with Crippen LogP contribution in [0.3, 0.4) is 0 Å². The van der Waals surface area contributed by atoms with Gasteiger partial charge in [-0.3, -0.25) is 0 Å². The Morgan fingerprint density at radius 1 is 0.538 bits per heavy atom. The zero-order valence-corrected chi connectivity index (χ0v) is 9.83. The Balaban J connectivity index is 0.00000144. The Morgan fingerprint density at radius 2 is 0.692 bits per heavy atom. The molecule has 0 aromatic rings. The van der Waals surface area contributed by atoms with Gasteiger partial charge >= 0.3 is 0 Å². The van der Waals surface area contributed by atoms with E-state index in [0.717, 1.165) is 0 Å². The van der Waals surface area contributed by atoms with Gasteiger partial charge in [-0.1, -0.05) is 0 Å². The van der Waals surface area contributed by atoms with Gasteiger partial charge < -0.3 is 14.7 Å². The van der Waals surface area contributed by atoms with Gasteiger partial charge in [0.1, 0.15) is 0 Å². The molecule has 0 N–H and O–H groups in total. The molecule has 13 heavy (non-hydrogen) atoms. The van der Waals surface area contributed by atoms with Crippen molar-refractivity contribution < 1.29 is 17.1 Å². The largest absolute Gasteiger partial charge is 0.304 e. The topological polar surface area (TPSA) is 9.72 Å². The van der Waals surface area contributed by atoms with Gasteiger partial charge in [-0.05, 0) is 21.1 Å². The van der Waals surface area contributed by atoms with Crippen LogP contribution in [0.2, 0.25) is 0 Å². The van der Waals surface area contributed by atoms with E-state index in [1.165, 1.54) is 39.3 Å². The van der Waals surface area contributed by atoms with E-state index in [4.69, 9.17) is 0 Å². The molecule has 1 aliphatic rings. The van der Waals surface area contributed by atoms with E-state index < -0.39 is 0 Å². The van der Waals surface area contributed by atoms with Crippen molar-refractivity contribution >= 4 is 0 Å². The molecule has 0 atom stereocenters. The third-order valence-corrected chi connectivity index (χ3v) is 2.59. The first-order chi connectivity index (χ1) is 5.68. The zero-order valence-electron chi connectivity index (χ0n) is 8.89. The maximum atomic E-state index is 2.40. The minimum absolute atomic E-state index is 0. The van der Waals surface area contributed by atoms with E-state index in [1.54, 1.807) is 0 Å². The van der Waals surface area contributed by atoms with Gasteiger partial charge in [0.2, 0.25) is 0 Å². The molecule has 0 aliphatic carbocycles. The molecule has 0 aromatic carbocycles. The maximum Gasteiger partial charge on any atom is 0.0107 e. The summed E-state index contributed by atoms with van der Waals surface area (Å²) in [7, 11) is 6.60. The molecule has 0 amide bonds. The molecule has 0 unspecified atom stereocenters. The SMILES string of the molecule is CN1CCN(C)CCN(C)CC1.[Cu]. The first kappa shape index (κ1) is 13.4. The molecule has 0 saturated carbocycles. The van der Waals surface area contributed by atoms with E-state index in [-0.39, 0.29) is 17.1 Å². The van der Waals surface area contributed by atoms with Gasteiger partial charge in [0.25, 0.3) is 0 Å². The molecule has 1 heterocycles. The third-order valence-electron chi connectivity index (χ3n) is 2.59. The quantitative estimate of drug-likeness (QED) is 0.538. The van der Waals surface area contributed by atoms with E-state index in [2.05, 4.69) is 35.8 Å². The number of hydrogen-bond donors (Lipinski definition) is 0. The van der Waals surface area contributed by atoms with Gasteiger partial charge in [-0.15, -0.1) is 0 Å². The number of hydrogen-bond acceptors (Lipinski definition) is 3. The van der Waals surface area contributed by atoms with Crippen LogP contribution in [0, 0.1) is 0 Å². The molecule has 1 rings (SSSR count). The first-order valence-electron chi connectivity index (χ1n) is 4.74. The van der Waals surface area contributed by atoms with Crippen LogP contribution in [0.4, 0.5) is 0 Å². The Hall–Kier alpha value is 0.399. The van der Waals surface area contributed by atoms with Crippen molar-refractivity contribution in [1.29, 1.82) is 0 Å². The second-order valence-electron chi connectivity index (χ2n) is 3.91. The molecule has 0 spiro atoms. The molecule has 3 nitrogen and oxygen atoms in total. The number of likely N-dealkylation sites (N-methyl/N-ethyl adjacent to an activating group) is 3. The van der Waals surface area contributed by atoms with Crippen LogP contribution in [-0.2, 0) is 17.1 Å². The average molecular weight is 235 g/mol. The molecule has 1 radical (unpaired) electrons. The summed E-state index contributed by atoms with van der Waals surface area (Å²) in [4.78, 5) is 7.20. The Bertz CT molecular complexity index is 96.3. The van der Waals surface area contributed by atoms with Crippen molar-refractivity contribution in [2.75, 3.05) is 60.4 Å². The fourth-order valence-corrected chi connectivity index (χ4v) is 1.36. The number of rotatable bonds is 0. The van der Waals surface area contributed by atoms with E-state index in [0.29, 0.717) is 0 Å². The zero-order chi connectivity index (χ0) is 8.97. The van der Waals surface area contributed by atoms with Gasteiger partial charge in [-0.2, -0.15) is 0 Å². The molecule has 83 valence electrons. The van der Waals surface area contributed by atoms with Crippen LogP contribution < -0.4 is 0 Å². The summed E-state index contributed by atoms with van der Waals surface area (Å²) < 4.78 is 0. The average Bonchev–Trinajstić information content (AvgIpc) is 2.11. The first-order valence-corrected chi connectivity index (χ1v) is 4.74. The molecule has 1 aliphatic heterocycles. The van der Waals surface area contributed by atoms with Crippen molar-refractivity contribution in [3.63, 3.8) is 0 Å². The third kappa shape index (κ3) is 5.65. The van der Waals surface area contributed by atoms with Gasteiger partial charge in [0.15, 0.2) is 0 Å². The minimum Gasteiger partial charge on any atom is -0.304 e. The van der Waals surface area contributed by atoms with E-state index >= 15 is 0 Å². The van der Waals surface area contributed by atoms with Crippen LogP contribution in [0.5, 0.6) is 0 Å². The molecule has 1 fully saturated rings. The molecule has 0 aromatic heterocycles. The Kier molecular flexibility index (Phi) is 7.00. The number of nitrogens with zero attached hydrogens (tertiary/aromatic N) is 3. The second-order valence-corrected chi connectivity index (χ2v) is 3.91. The van der Waals surface area contributed by atoms with Crippen LogP contribution in [0.15, 0.2) is 0 Å². The van der Waals surface area contributed by atoms with E-state index in [1.807, 2.05) is 0 Å². The molecule has 4 heteroatoms. The normalized spacial score (nSPS) is 24.2. The summed E-state index contributed by atoms with van der Waals surface area (Å²) in [6, 6.07) is 0. The summed E-state index contributed by atoms with van der Waals surface area (Å²) in [5.41, 5.74) is 0. The molecule has 1 saturated heterocycles. The van der Waals surface area contributed by atoms with Crippen molar-refractivity contribution in [2.45, 2.75) is 0 Å². The second kappa shape index (κ2) is 6.79. The summed E-state index contributed by atoms with van der Waals surface area (Å²) in [5.74, 6) is 0.